The Hall–Kier alpha value is -1.72. The molecule has 2 heterocycles. The van der Waals surface area contributed by atoms with Crippen molar-refractivity contribution in [2.24, 2.45) is 5.73 Å². The van der Waals surface area contributed by atoms with Crippen LogP contribution in [0.1, 0.15) is 12.2 Å². The summed E-state index contributed by atoms with van der Waals surface area (Å²) in [4.78, 5) is 0. The maximum absolute atomic E-state index is 6.25. The molecule has 0 radical (unpaired) electrons. The van der Waals surface area contributed by atoms with Gasteiger partial charge in [-0.2, -0.15) is 0 Å². The summed E-state index contributed by atoms with van der Waals surface area (Å²) in [7, 11) is 0. The highest BCUT2D eigenvalue weighted by Crippen LogP contribution is 2.40. The van der Waals surface area contributed by atoms with Gasteiger partial charge in [0.05, 0.1) is 18.2 Å². The fourth-order valence-corrected chi connectivity index (χ4v) is 2.35. The summed E-state index contributed by atoms with van der Waals surface area (Å²) in [5.41, 5.74) is 7.05. The standard InChI is InChI=1S/C14H15ClN2O3/c15-11-6-9(12-8-10(2-3-16)20-17-12)7-13-14(11)19-5-1-4-18-13/h6-8H,1-5,16H2. The minimum Gasteiger partial charge on any atom is -0.489 e. The molecule has 0 saturated heterocycles. The molecule has 0 spiro atoms. The minimum atomic E-state index is 0.516. The minimum absolute atomic E-state index is 0.516. The third-order valence-electron chi connectivity index (χ3n) is 3.05. The number of hydrogen-bond acceptors (Lipinski definition) is 5. The number of nitrogens with zero attached hydrogens (tertiary/aromatic N) is 1. The monoisotopic (exact) mass is 294 g/mol. The first-order valence-electron chi connectivity index (χ1n) is 6.53. The van der Waals surface area contributed by atoms with Gasteiger partial charge < -0.3 is 19.7 Å². The molecule has 5 nitrogen and oxygen atoms in total. The molecule has 1 aliphatic heterocycles. The number of ether oxygens (including phenoxy) is 2. The van der Waals surface area contributed by atoms with E-state index in [0.29, 0.717) is 48.4 Å². The maximum atomic E-state index is 6.25. The van der Waals surface area contributed by atoms with Crippen molar-refractivity contribution in [1.29, 1.82) is 0 Å². The van der Waals surface area contributed by atoms with Gasteiger partial charge >= 0.3 is 0 Å². The van der Waals surface area contributed by atoms with Gasteiger partial charge in [0.15, 0.2) is 11.5 Å². The number of aromatic nitrogens is 1. The molecule has 0 amide bonds. The van der Waals surface area contributed by atoms with E-state index in [4.69, 9.17) is 31.3 Å². The third kappa shape index (κ3) is 2.59. The first-order chi connectivity index (χ1) is 9.78. The number of hydrogen-bond donors (Lipinski definition) is 1. The van der Waals surface area contributed by atoms with Gasteiger partial charge in [-0.3, -0.25) is 0 Å². The summed E-state index contributed by atoms with van der Waals surface area (Å²) >= 11 is 6.25. The summed E-state index contributed by atoms with van der Waals surface area (Å²) in [6, 6.07) is 5.54. The summed E-state index contributed by atoms with van der Waals surface area (Å²) in [6.45, 7) is 1.75. The molecular weight excluding hydrogens is 280 g/mol. The second kappa shape index (κ2) is 5.73. The average molecular weight is 295 g/mol. The predicted octanol–water partition coefficient (Wildman–Crippen LogP) is 2.66. The van der Waals surface area contributed by atoms with Crippen molar-refractivity contribution in [2.45, 2.75) is 12.8 Å². The molecule has 1 aromatic carbocycles. The van der Waals surface area contributed by atoms with Crippen LogP contribution in [0, 0.1) is 0 Å². The van der Waals surface area contributed by atoms with E-state index in [9.17, 15) is 0 Å². The number of rotatable bonds is 3. The first kappa shape index (κ1) is 13.3. The molecular formula is C14H15ClN2O3. The Balaban J connectivity index is 1.97. The SMILES string of the molecule is NCCc1cc(-c2cc(Cl)c3c(c2)OCCCO3)no1. The summed E-state index contributed by atoms with van der Waals surface area (Å²) < 4.78 is 16.5. The maximum Gasteiger partial charge on any atom is 0.179 e. The fourth-order valence-electron chi connectivity index (χ4n) is 2.09. The van der Waals surface area contributed by atoms with Gasteiger partial charge in [-0.05, 0) is 18.7 Å². The second-order valence-corrected chi connectivity index (χ2v) is 4.96. The number of nitrogens with two attached hydrogens (primary N) is 1. The van der Waals surface area contributed by atoms with E-state index in [1.165, 1.54) is 0 Å². The molecule has 0 unspecified atom stereocenters. The highest BCUT2D eigenvalue weighted by molar-refractivity contribution is 6.32. The van der Waals surface area contributed by atoms with Crippen LogP contribution < -0.4 is 15.2 Å². The highest BCUT2D eigenvalue weighted by atomic mass is 35.5. The van der Waals surface area contributed by atoms with E-state index in [2.05, 4.69) is 5.16 Å². The normalized spacial score (nSPS) is 14.1. The van der Waals surface area contributed by atoms with Gasteiger partial charge in [0, 0.05) is 24.5 Å². The largest absolute Gasteiger partial charge is 0.489 e. The lowest BCUT2D eigenvalue weighted by atomic mass is 10.1. The van der Waals surface area contributed by atoms with Crippen LogP contribution in [0.3, 0.4) is 0 Å². The molecule has 0 fully saturated rings. The van der Waals surface area contributed by atoms with Crippen LogP contribution in [0.15, 0.2) is 22.7 Å². The van der Waals surface area contributed by atoms with E-state index in [-0.39, 0.29) is 0 Å². The van der Waals surface area contributed by atoms with Crippen LogP contribution >= 0.6 is 11.6 Å². The van der Waals surface area contributed by atoms with Crippen molar-refractivity contribution in [3.8, 4) is 22.8 Å². The Morgan fingerprint density at radius 3 is 2.90 bits per heavy atom. The molecule has 2 aromatic rings. The quantitative estimate of drug-likeness (QED) is 0.942. The Morgan fingerprint density at radius 2 is 2.05 bits per heavy atom. The summed E-state index contributed by atoms with van der Waals surface area (Å²) in [6.07, 6.45) is 1.50. The van der Waals surface area contributed by atoms with Gasteiger partial charge in [0.25, 0.3) is 0 Å². The van der Waals surface area contributed by atoms with E-state index >= 15 is 0 Å². The molecule has 6 heteroatoms. The second-order valence-electron chi connectivity index (χ2n) is 4.55. The lowest BCUT2D eigenvalue weighted by molar-refractivity contribution is 0.297. The third-order valence-corrected chi connectivity index (χ3v) is 3.33. The van der Waals surface area contributed by atoms with Crippen LogP contribution in [-0.4, -0.2) is 24.9 Å². The van der Waals surface area contributed by atoms with Crippen molar-refractivity contribution < 1.29 is 14.0 Å². The zero-order valence-corrected chi connectivity index (χ0v) is 11.7. The van der Waals surface area contributed by atoms with E-state index in [0.717, 1.165) is 17.7 Å². The molecule has 3 rings (SSSR count). The molecule has 1 aromatic heterocycles. The van der Waals surface area contributed by atoms with Crippen molar-refractivity contribution in [3.63, 3.8) is 0 Å². The molecule has 106 valence electrons. The Morgan fingerprint density at radius 1 is 1.20 bits per heavy atom. The fraction of sp³-hybridized carbons (Fsp3) is 0.357. The Labute approximate surface area is 121 Å². The number of fused-ring (bicyclic) bond motifs is 1. The Bertz CT molecular complexity index is 612. The number of halogens is 1. The van der Waals surface area contributed by atoms with Crippen LogP contribution in [0.2, 0.25) is 5.02 Å². The smallest absolute Gasteiger partial charge is 0.179 e. The van der Waals surface area contributed by atoms with Crippen molar-refractivity contribution >= 4 is 11.6 Å². The van der Waals surface area contributed by atoms with Crippen LogP contribution in [0.4, 0.5) is 0 Å². The highest BCUT2D eigenvalue weighted by Gasteiger charge is 2.17. The molecule has 0 aliphatic carbocycles. The average Bonchev–Trinajstić information content (AvgIpc) is 2.76. The van der Waals surface area contributed by atoms with Crippen molar-refractivity contribution in [3.05, 3.63) is 29.0 Å². The van der Waals surface area contributed by atoms with Gasteiger partial charge in [-0.25, -0.2) is 0 Å². The number of benzene rings is 1. The van der Waals surface area contributed by atoms with Gasteiger partial charge in [0.1, 0.15) is 11.5 Å². The van der Waals surface area contributed by atoms with E-state index in [1.807, 2.05) is 12.1 Å². The van der Waals surface area contributed by atoms with Crippen LogP contribution in [-0.2, 0) is 6.42 Å². The molecule has 20 heavy (non-hydrogen) atoms. The molecule has 2 N–H and O–H groups in total. The predicted molar refractivity (Wildman–Crippen MR) is 75.3 cm³/mol. The lowest BCUT2D eigenvalue weighted by Gasteiger charge is -2.10. The molecule has 1 aliphatic rings. The summed E-state index contributed by atoms with van der Waals surface area (Å²) in [5.74, 6) is 2.00. The molecule has 0 saturated carbocycles. The first-order valence-corrected chi connectivity index (χ1v) is 6.91. The molecule has 0 bridgehead atoms. The topological polar surface area (TPSA) is 70.5 Å². The van der Waals surface area contributed by atoms with Gasteiger partial charge in [-0.15, -0.1) is 0 Å². The van der Waals surface area contributed by atoms with Crippen LogP contribution in [0.25, 0.3) is 11.3 Å². The van der Waals surface area contributed by atoms with Crippen molar-refractivity contribution in [2.75, 3.05) is 19.8 Å². The van der Waals surface area contributed by atoms with Gasteiger partial charge in [-0.1, -0.05) is 16.8 Å². The zero-order valence-electron chi connectivity index (χ0n) is 10.9. The Kier molecular flexibility index (Phi) is 3.80. The van der Waals surface area contributed by atoms with Crippen molar-refractivity contribution in [1.82, 2.24) is 5.16 Å². The summed E-state index contributed by atoms with van der Waals surface area (Å²) in [5, 5.41) is 4.55. The molecule has 0 atom stereocenters. The van der Waals surface area contributed by atoms with E-state index < -0.39 is 0 Å². The van der Waals surface area contributed by atoms with E-state index in [1.54, 1.807) is 6.07 Å². The zero-order chi connectivity index (χ0) is 13.9. The lowest BCUT2D eigenvalue weighted by Crippen LogP contribution is -2.01. The van der Waals surface area contributed by atoms with Gasteiger partial charge in [0.2, 0.25) is 0 Å². The van der Waals surface area contributed by atoms with Crippen LogP contribution in [0.5, 0.6) is 11.5 Å².